The molecule has 112 valence electrons. The SMILES string of the molecule is Fc1c(F)c(F)c(Nc2cc3ccccc3cn2)c(F)c1F. The van der Waals surface area contributed by atoms with Gasteiger partial charge in [-0.1, -0.05) is 24.3 Å². The molecule has 0 unspecified atom stereocenters. The molecule has 0 aliphatic carbocycles. The van der Waals surface area contributed by atoms with Crippen LogP contribution in [0.2, 0.25) is 0 Å². The van der Waals surface area contributed by atoms with Gasteiger partial charge in [0, 0.05) is 11.6 Å². The molecular weight excluding hydrogens is 303 g/mol. The molecule has 0 spiro atoms. The van der Waals surface area contributed by atoms with Crippen LogP contribution in [0.15, 0.2) is 36.5 Å². The van der Waals surface area contributed by atoms with Gasteiger partial charge in [0.25, 0.3) is 0 Å². The maximum atomic E-state index is 13.6. The van der Waals surface area contributed by atoms with Crippen LogP contribution in [-0.4, -0.2) is 4.98 Å². The number of hydrogen-bond donors (Lipinski definition) is 1. The first-order valence-corrected chi connectivity index (χ1v) is 6.12. The van der Waals surface area contributed by atoms with E-state index in [-0.39, 0.29) is 5.82 Å². The van der Waals surface area contributed by atoms with Gasteiger partial charge >= 0.3 is 0 Å². The van der Waals surface area contributed by atoms with Gasteiger partial charge in [-0.3, -0.25) is 0 Å². The highest BCUT2D eigenvalue weighted by Gasteiger charge is 2.26. The molecule has 3 rings (SSSR count). The minimum absolute atomic E-state index is 0.0399. The largest absolute Gasteiger partial charge is 0.335 e. The monoisotopic (exact) mass is 310 g/mol. The number of halogens is 5. The standard InChI is InChI=1S/C15H7F5N2/c16-10-11(17)13(19)15(14(20)12(10)18)22-9-5-7-3-1-2-4-8(7)6-21-9/h1-6H,(H,21,22). The predicted molar refractivity (Wildman–Crippen MR) is 71.3 cm³/mol. The molecule has 1 heterocycles. The van der Waals surface area contributed by atoms with E-state index >= 15 is 0 Å². The van der Waals surface area contributed by atoms with Crippen LogP contribution in [-0.2, 0) is 0 Å². The van der Waals surface area contributed by atoms with Crippen LogP contribution in [0.5, 0.6) is 0 Å². The second-order valence-corrected chi connectivity index (χ2v) is 4.49. The number of nitrogens with zero attached hydrogens (tertiary/aromatic N) is 1. The first kappa shape index (κ1) is 14.2. The van der Waals surface area contributed by atoms with Gasteiger partial charge in [0.2, 0.25) is 5.82 Å². The van der Waals surface area contributed by atoms with Crippen molar-refractivity contribution < 1.29 is 22.0 Å². The Morgan fingerprint density at radius 3 is 1.91 bits per heavy atom. The highest BCUT2D eigenvalue weighted by molar-refractivity contribution is 5.84. The normalized spacial score (nSPS) is 11.0. The minimum atomic E-state index is -2.20. The van der Waals surface area contributed by atoms with Crippen LogP contribution in [0, 0.1) is 29.1 Å². The van der Waals surface area contributed by atoms with Crippen molar-refractivity contribution in [3.8, 4) is 0 Å². The molecule has 0 amide bonds. The molecule has 3 aromatic rings. The highest BCUT2D eigenvalue weighted by atomic mass is 19.2. The number of fused-ring (bicyclic) bond motifs is 1. The number of pyridine rings is 1. The van der Waals surface area contributed by atoms with Crippen molar-refractivity contribution >= 4 is 22.3 Å². The third-order valence-corrected chi connectivity index (χ3v) is 3.09. The lowest BCUT2D eigenvalue weighted by molar-refractivity contribution is 0.382. The summed E-state index contributed by atoms with van der Waals surface area (Å²) in [5.74, 6) is -10.1. The Hall–Kier alpha value is -2.70. The van der Waals surface area contributed by atoms with E-state index in [0.717, 1.165) is 5.39 Å². The van der Waals surface area contributed by atoms with Gasteiger partial charge in [-0.25, -0.2) is 26.9 Å². The molecule has 0 aliphatic heterocycles. The van der Waals surface area contributed by atoms with Gasteiger partial charge in [-0.2, -0.15) is 0 Å². The maximum absolute atomic E-state index is 13.6. The Kier molecular flexibility index (Phi) is 3.40. The minimum Gasteiger partial charge on any atom is -0.335 e. The quantitative estimate of drug-likeness (QED) is 0.422. The lowest BCUT2D eigenvalue weighted by Crippen LogP contribution is -2.07. The average molecular weight is 310 g/mol. The second kappa shape index (κ2) is 5.25. The van der Waals surface area contributed by atoms with E-state index in [2.05, 4.69) is 10.3 Å². The fourth-order valence-electron chi connectivity index (χ4n) is 1.99. The van der Waals surface area contributed by atoms with Crippen LogP contribution in [0.4, 0.5) is 33.5 Å². The lowest BCUT2D eigenvalue weighted by Gasteiger charge is -2.10. The smallest absolute Gasteiger partial charge is 0.200 e. The molecule has 0 aliphatic rings. The molecule has 0 saturated carbocycles. The Balaban J connectivity index is 2.08. The summed E-state index contributed by atoms with van der Waals surface area (Å²) in [6.07, 6.45) is 1.42. The fraction of sp³-hybridized carbons (Fsp3) is 0. The third kappa shape index (κ3) is 2.24. The van der Waals surface area contributed by atoms with E-state index in [1.54, 1.807) is 24.3 Å². The van der Waals surface area contributed by atoms with Gasteiger partial charge in [-0.15, -0.1) is 0 Å². The van der Waals surface area contributed by atoms with E-state index in [1.807, 2.05) is 0 Å². The summed E-state index contributed by atoms with van der Waals surface area (Å²) in [6.45, 7) is 0. The fourth-order valence-corrected chi connectivity index (χ4v) is 1.99. The average Bonchev–Trinajstić information content (AvgIpc) is 2.55. The molecule has 7 heteroatoms. The molecule has 22 heavy (non-hydrogen) atoms. The lowest BCUT2D eigenvalue weighted by atomic mass is 10.2. The van der Waals surface area contributed by atoms with Crippen LogP contribution in [0.1, 0.15) is 0 Å². The second-order valence-electron chi connectivity index (χ2n) is 4.49. The number of nitrogens with one attached hydrogen (secondary N) is 1. The number of benzene rings is 2. The first-order valence-electron chi connectivity index (χ1n) is 6.12. The molecule has 2 aromatic carbocycles. The van der Waals surface area contributed by atoms with Crippen LogP contribution in [0.3, 0.4) is 0 Å². The van der Waals surface area contributed by atoms with Gasteiger partial charge < -0.3 is 5.32 Å². The summed E-state index contributed by atoms with van der Waals surface area (Å²) >= 11 is 0. The van der Waals surface area contributed by atoms with Crippen molar-refractivity contribution in [2.75, 3.05) is 5.32 Å². The predicted octanol–water partition coefficient (Wildman–Crippen LogP) is 4.67. The van der Waals surface area contributed by atoms with E-state index in [0.29, 0.717) is 5.39 Å². The van der Waals surface area contributed by atoms with Crippen molar-refractivity contribution in [2.24, 2.45) is 0 Å². The van der Waals surface area contributed by atoms with E-state index < -0.39 is 34.8 Å². The Labute approximate surface area is 121 Å². The zero-order valence-corrected chi connectivity index (χ0v) is 10.8. The van der Waals surface area contributed by atoms with Crippen molar-refractivity contribution in [1.82, 2.24) is 4.98 Å². The molecule has 1 aromatic heterocycles. The first-order chi connectivity index (χ1) is 10.5. The topological polar surface area (TPSA) is 24.9 Å². The number of rotatable bonds is 2. The number of anilines is 2. The van der Waals surface area contributed by atoms with E-state index in [4.69, 9.17) is 0 Å². The molecule has 1 N–H and O–H groups in total. The summed E-state index contributed by atoms with van der Waals surface area (Å²) in [7, 11) is 0. The van der Waals surface area contributed by atoms with Crippen LogP contribution < -0.4 is 5.32 Å². The summed E-state index contributed by atoms with van der Waals surface area (Å²) in [4.78, 5) is 3.88. The van der Waals surface area contributed by atoms with Gasteiger partial charge in [0.05, 0.1) is 0 Å². The summed E-state index contributed by atoms with van der Waals surface area (Å²) in [5.41, 5.74) is -1.14. The van der Waals surface area contributed by atoms with E-state index in [1.165, 1.54) is 12.3 Å². The molecule has 2 nitrogen and oxygen atoms in total. The maximum Gasteiger partial charge on any atom is 0.200 e. The van der Waals surface area contributed by atoms with E-state index in [9.17, 15) is 22.0 Å². The van der Waals surface area contributed by atoms with Gasteiger partial charge in [0.15, 0.2) is 23.3 Å². The summed E-state index contributed by atoms with van der Waals surface area (Å²) in [5, 5.41) is 3.60. The van der Waals surface area contributed by atoms with Gasteiger partial charge in [-0.05, 0) is 11.5 Å². The Bertz CT molecular complexity index is 850. The molecule has 0 atom stereocenters. The zero-order valence-electron chi connectivity index (χ0n) is 10.8. The summed E-state index contributed by atoms with van der Waals surface area (Å²) < 4.78 is 66.4. The zero-order chi connectivity index (χ0) is 15.9. The molecule has 0 radical (unpaired) electrons. The molecule has 0 fully saturated rings. The number of aromatic nitrogens is 1. The van der Waals surface area contributed by atoms with Crippen LogP contribution in [0.25, 0.3) is 10.8 Å². The van der Waals surface area contributed by atoms with Crippen molar-refractivity contribution in [1.29, 1.82) is 0 Å². The number of hydrogen-bond acceptors (Lipinski definition) is 2. The van der Waals surface area contributed by atoms with Crippen molar-refractivity contribution in [3.63, 3.8) is 0 Å². The van der Waals surface area contributed by atoms with Crippen molar-refractivity contribution in [2.45, 2.75) is 0 Å². The molecule has 0 bridgehead atoms. The Morgan fingerprint density at radius 1 is 0.727 bits per heavy atom. The van der Waals surface area contributed by atoms with Gasteiger partial charge in [0.1, 0.15) is 11.5 Å². The van der Waals surface area contributed by atoms with Crippen LogP contribution >= 0.6 is 0 Å². The summed E-state index contributed by atoms with van der Waals surface area (Å²) in [6, 6.07) is 8.45. The molecular formula is C15H7F5N2. The molecule has 0 saturated heterocycles. The van der Waals surface area contributed by atoms with Crippen molar-refractivity contribution in [3.05, 3.63) is 65.6 Å². The highest BCUT2D eigenvalue weighted by Crippen LogP contribution is 2.29. The third-order valence-electron chi connectivity index (χ3n) is 3.09. The Morgan fingerprint density at radius 2 is 1.27 bits per heavy atom.